The molecule has 0 fully saturated rings. The van der Waals surface area contributed by atoms with Gasteiger partial charge in [0.1, 0.15) is 6.67 Å². The minimum Gasteiger partial charge on any atom is -0.321 e. The van der Waals surface area contributed by atoms with Gasteiger partial charge in [0.25, 0.3) is 11.8 Å². The number of halogens is 4. The second-order valence-corrected chi connectivity index (χ2v) is 6.31. The molecule has 0 spiro atoms. The van der Waals surface area contributed by atoms with E-state index < -0.39 is 30.2 Å². The van der Waals surface area contributed by atoms with Gasteiger partial charge in [-0.05, 0) is 28.8 Å². The van der Waals surface area contributed by atoms with E-state index in [9.17, 15) is 27.2 Å². The van der Waals surface area contributed by atoms with Crippen LogP contribution < -0.4 is 10.6 Å². The number of amides is 2. The Morgan fingerprint density at radius 1 is 0.714 bits per heavy atom. The molecule has 0 saturated carbocycles. The van der Waals surface area contributed by atoms with Gasteiger partial charge in [-0.1, -0.05) is 36.4 Å². The lowest BCUT2D eigenvalue weighted by Crippen LogP contribution is -2.21. The molecular formula is C20H12F4N2O2. The van der Waals surface area contributed by atoms with Gasteiger partial charge < -0.3 is 10.6 Å². The molecule has 2 aromatic rings. The normalized spacial score (nSPS) is 16.4. The molecule has 4 rings (SSSR count). The Labute approximate surface area is 156 Å². The van der Waals surface area contributed by atoms with Crippen molar-refractivity contribution in [1.29, 1.82) is 0 Å². The Balaban J connectivity index is 1.79. The molecule has 2 aliphatic heterocycles. The summed E-state index contributed by atoms with van der Waals surface area (Å²) in [6, 6.07) is 10.4. The smallest absolute Gasteiger partial charge is 0.321 e. The molecule has 0 aromatic heterocycles. The summed E-state index contributed by atoms with van der Waals surface area (Å²) in [5.41, 5.74) is 1.07. The van der Waals surface area contributed by atoms with E-state index >= 15 is 0 Å². The number of hydrogen-bond donors (Lipinski definition) is 2. The van der Waals surface area contributed by atoms with Crippen molar-refractivity contribution in [1.82, 2.24) is 10.6 Å². The molecule has 4 nitrogen and oxygen atoms in total. The standard InChI is InChI=1S/C20H12F4N2O2/c21-9-10-1-3-11(4-2-10)16-14-15(19(28)25-16)17(26-18(14)27)12-5-7-13(8-6-12)20(22,23)24/h1-8H,9H2,(H,25,28)(H,26,27). The first kappa shape index (κ1) is 18.0. The molecule has 2 heterocycles. The molecule has 2 N–H and O–H groups in total. The van der Waals surface area contributed by atoms with Crippen LogP contribution in [0.4, 0.5) is 17.6 Å². The third-order valence-corrected chi connectivity index (χ3v) is 4.58. The van der Waals surface area contributed by atoms with Gasteiger partial charge in [-0.2, -0.15) is 13.2 Å². The summed E-state index contributed by atoms with van der Waals surface area (Å²) in [7, 11) is 0. The van der Waals surface area contributed by atoms with Gasteiger partial charge in [-0.25, -0.2) is 4.39 Å². The molecule has 0 radical (unpaired) electrons. The fourth-order valence-electron chi connectivity index (χ4n) is 3.20. The van der Waals surface area contributed by atoms with Gasteiger partial charge in [-0.15, -0.1) is 0 Å². The Kier molecular flexibility index (Phi) is 4.06. The number of hydrogen-bond acceptors (Lipinski definition) is 2. The van der Waals surface area contributed by atoms with Gasteiger partial charge >= 0.3 is 6.18 Å². The number of alkyl halides is 4. The van der Waals surface area contributed by atoms with Crippen LogP contribution in [0.25, 0.3) is 11.4 Å². The minimum atomic E-state index is -4.48. The van der Waals surface area contributed by atoms with Gasteiger partial charge in [0.05, 0.1) is 28.1 Å². The number of carbonyl (C=O) groups is 2. The van der Waals surface area contributed by atoms with Crippen LogP contribution >= 0.6 is 0 Å². The second-order valence-electron chi connectivity index (χ2n) is 6.31. The van der Waals surface area contributed by atoms with Crippen LogP contribution in [0.1, 0.15) is 22.3 Å². The highest BCUT2D eigenvalue weighted by atomic mass is 19.4. The average Bonchev–Trinajstić information content (AvgIpc) is 3.20. The highest BCUT2D eigenvalue weighted by Crippen LogP contribution is 2.38. The number of rotatable bonds is 3. The van der Waals surface area contributed by atoms with Crippen LogP contribution in [0, 0.1) is 0 Å². The fraction of sp³-hybridized carbons (Fsp3) is 0.100. The maximum Gasteiger partial charge on any atom is 0.416 e. The largest absolute Gasteiger partial charge is 0.416 e. The van der Waals surface area contributed by atoms with E-state index in [1.807, 2.05) is 0 Å². The van der Waals surface area contributed by atoms with Gasteiger partial charge in [0.2, 0.25) is 0 Å². The molecule has 0 saturated heterocycles. The third-order valence-electron chi connectivity index (χ3n) is 4.58. The lowest BCUT2D eigenvalue weighted by Gasteiger charge is -2.09. The molecule has 0 unspecified atom stereocenters. The number of benzene rings is 2. The van der Waals surface area contributed by atoms with Gasteiger partial charge in [0.15, 0.2) is 0 Å². The van der Waals surface area contributed by atoms with E-state index in [1.54, 1.807) is 24.3 Å². The number of carbonyl (C=O) groups excluding carboxylic acids is 2. The molecule has 0 aliphatic carbocycles. The molecule has 2 amide bonds. The van der Waals surface area contributed by atoms with Crippen LogP contribution in [0.3, 0.4) is 0 Å². The predicted octanol–water partition coefficient (Wildman–Crippen LogP) is 3.56. The zero-order valence-corrected chi connectivity index (χ0v) is 14.2. The van der Waals surface area contributed by atoms with E-state index in [0.717, 1.165) is 12.1 Å². The summed E-state index contributed by atoms with van der Waals surface area (Å²) in [5, 5.41) is 5.19. The van der Waals surface area contributed by atoms with Crippen LogP contribution in [0.2, 0.25) is 0 Å². The van der Waals surface area contributed by atoms with Gasteiger partial charge in [-0.3, -0.25) is 9.59 Å². The summed E-state index contributed by atoms with van der Waals surface area (Å²) in [6.07, 6.45) is -4.48. The number of nitrogens with one attached hydrogen (secondary N) is 2. The summed E-state index contributed by atoms with van der Waals surface area (Å²) < 4.78 is 50.9. The summed E-state index contributed by atoms with van der Waals surface area (Å²) in [5.74, 6) is -1.07. The van der Waals surface area contributed by atoms with Crippen molar-refractivity contribution in [3.05, 3.63) is 81.9 Å². The molecule has 0 bridgehead atoms. The van der Waals surface area contributed by atoms with E-state index in [2.05, 4.69) is 10.6 Å². The van der Waals surface area contributed by atoms with E-state index in [-0.39, 0.29) is 28.1 Å². The molecule has 8 heteroatoms. The Bertz CT molecular complexity index is 1050. The van der Waals surface area contributed by atoms with Crippen molar-refractivity contribution in [2.24, 2.45) is 0 Å². The van der Waals surface area contributed by atoms with Crippen LogP contribution in [0.5, 0.6) is 0 Å². The number of fused-ring (bicyclic) bond motifs is 1. The van der Waals surface area contributed by atoms with Crippen LogP contribution in [0.15, 0.2) is 59.7 Å². The van der Waals surface area contributed by atoms with Crippen molar-refractivity contribution in [3.8, 4) is 0 Å². The summed E-state index contributed by atoms with van der Waals surface area (Å²) in [4.78, 5) is 25.0. The first-order chi connectivity index (χ1) is 13.3. The molecule has 142 valence electrons. The van der Waals surface area contributed by atoms with Crippen molar-refractivity contribution in [2.75, 3.05) is 0 Å². The van der Waals surface area contributed by atoms with E-state index in [4.69, 9.17) is 0 Å². The highest BCUT2D eigenvalue weighted by Gasteiger charge is 2.41. The molecule has 0 atom stereocenters. The SMILES string of the molecule is O=C1NC(c2ccc(C(F)(F)F)cc2)=C2C(=O)NC(c3ccc(CF)cc3)=C12. The van der Waals surface area contributed by atoms with Crippen LogP contribution in [-0.2, 0) is 22.4 Å². The zero-order chi connectivity index (χ0) is 20.1. The van der Waals surface area contributed by atoms with Gasteiger partial charge in [0, 0.05) is 0 Å². The maximum atomic E-state index is 12.8. The Hall–Kier alpha value is -3.42. The first-order valence-corrected chi connectivity index (χ1v) is 8.24. The Morgan fingerprint density at radius 3 is 1.54 bits per heavy atom. The highest BCUT2D eigenvalue weighted by molar-refractivity contribution is 6.30. The van der Waals surface area contributed by atoms with Crippen LogP contribution in [-0.4, -0.2) is 11.8 Å². The Morgan fingerprint density at radius 2 is 1.14 bits per heavy atom. The first-order valence-electron chi connectivity index (χ1n) is 8.24. The summed E-state index contributed by atoms with van der Waals surface area (Å²) >= 11 is 0. The quantitative estimate of drug-likeness (QED) is 0.790. The average molecular weight is 388 g/mol. The molecular weight excluding hydrogens is 376 g/mol. The monoisotopic (exact) mass is 388 g/mol. The lowest BCUT2D eigenvalue weighted by molar-refractivity contribution is -0.137. The second kappa shape index (κ2) is 6.33. The fourth-order valence-corrected chi connectivity index (χ4v) is 3.20. The van der Waals surface area contributed by atoms with Crippen molar-refractivity contribution in [2.45, 2.75) is 12.9 Å². The molecule has 28 heavy (non-hydrogen) atoms. The minimum absolute atomic E-state index is 0.0781. The van der Waals surface area contributed by atoms with Crippen molar-refractivity contribution >= 4 is 23.2 Å². The maximum absolute atomic E-state index is 12.8. The predicted molar refractivity (Wildman–Crippen MR) is 92.8 cm³/mol. The topological polar surface area (TPSA) is 58.2 Å². The van der Waals surface area contributed by atoms with E-state index in [1.165, 1.54) is 12.1 Å². The zero-order valence-electron chi connectivity index (χ0n) is 14.2. The third kappa shape index (κ3) is 2.87. The van der Waals surface area contributed by atoms with E-state index in [0.29, 0.717) is 11.1 Å². The summed E-state index contributed by atoms with van der Waals surface area (Å²) in [6.45, 7) is -0.637. The molecule has 2 aliphatic rings. The lowest BCUT2D eigenvalue weighted by atomic mass is 10.0. The van der Waals surface area contributed by atoms with Crippen molar-refractivity contribution in [3.63, 3.8) is 0 Å². The molecule has 2 aromatic carbocycles. The van der Waals surface area contributed by atoms with Crippen molar-refractivity contribution < 1.29 is 27.2 Å².